The molecule has 0 saturated heterocycles. The summed E-state index contributed by atoms with van der Waals surface area (Å²) < 4.78 is 40.1. The van der Waals surface area contributed by atoms with Crippen molar-refractivity contribution in [3.63, 3.8) is 0 Å². The first-order chi connectivity index (χ1) is 9.09. The summed E-state index contributed by atoms with van der Waals surface area (Å²) in [4.78, 5) is 0. The molecular formula is C14H12F3NO. The van der Waals surface area contributed by atoms with Gasteiger partial charge in [0.1, 0.15) is 23.6 Å². The smallest absolute Gasteiger partial charge is 0.146 e. The number of para-hydroxylation sites is 1. The van der Waals surface area contributed by atoms with Crippen LogP contribution in [0.4, 0.5) is 18.9 Å². The number of halogens is 3. The molecule has 19 heavy (non-hydrogen) atoms. The average Bonchev–Trinajstić information content (AvgIpc) is 2.37. The summed E-state index contributed by atoms with van der Waals surface area (Å²) in [6.07, 6.45) is -1.40. The maximum atomic E-state index is 13.4. The van der Waals surface area contributed by atoms with Crippen LogP contribution in [0.25, 0.3) is 0 Å². The van der Waals surface area contributed by atoms with Gasteiger partial charge in [-0.2, -0.15) is 0 Å². The number of aliphatic hydroxyl groups excluding tert-OH is 1. The lowest BCUT2D eigenvalue weighted by molar-refractivity contribution is 0.181. The van der Waals surface area contributed by atoms with Gasteiger partial charge < -0.3 is 10.4 Å². The van der Waals surface area contributed by atoms with E-state index in [-0.39, 0.29) is 12.2 Å². The van der Waals surface area contributed by atoms with Gasteiger partial charge in [-0.3, -0.25) is 0 Å². The van der Waals surface area contributed by atoms with Crippen LogP contribution in [-0.4, -0.2) is 11.7 Å². The Morgan fingerprint density at radius 3 is 2.11 bits per heavy atom. The summed E-state index contributed by atoms with van der Waals surface area (Å²) in [6.45, 7) is -0.196. The first-order valence-corrected chi connectivity index (χ1v) is 5.70. The van der Waals surface area contributed by atoms with E-state index in [2.05, 4.69) is 5.32 Å². The molecule has 2 aromatic carbocycles. The summed E-state index contributed by atoms with van der Waals surface area (Å²) >= 11 is 0. The third-order valence-corrected chi connectivity index (χ3v) is 2.69. The molecule has 2 nitrogen and oxygen atoms in total. The van der Waals surface area contributed by atoms with Crippen molar-refractivity contribution in [2.45, 2.75) is 6.10 Å². The monoisotopic (exact) mass is 267 g/mol. The Labute approximate surface area is 108 Å². The molecule has 100 valence electrons. The molecule has 2 aromatic rings. The molecular weight excluding hydrogens is 255 g/mol. The van der Waals surface area contributed by atoms with E-state index in [1.807, 2.05) is 0 Å². The van der Waals surface area contributed by atoms with E-state index < -0.39 is 29.1 Å². The summed E-state index contributed by atoms with van der Waals surface area (Å²) in [5, 5.41) is 12.4. The molecule has 2 rings (SSSR count). The molecule has 2 N–H and O–H groups in total. The zero-order valence-corrected chi connectivity index (χ0v) is 9.91. The first-order valence-electron chi connectivity index (χ1n) is 5.70. The highest BCUT2D eigenvalue weighted by Crippen LogP contribution is 2.21. The quantitative estimate of drug-likeness (QED) is 0.891. The molecule has 0 fully saturated rings. The third kappa shape index (κ3) is 3.06. The van der Waals surface area contributed by atoms with Gasteiger partial charge in [0.25, 0.3) is 0 Å². The van der Waals surface area contributed by atoms with Crippen molar-refractivity contribution in [2.75, 3.05) is 11.9 Å². The van der Waals surface area contributed by atoms with Crippen LogP contribution in [0, 0.1) is 17.5 Å². The van der Waals surface area contributed by atoms with Crippen molar-refractivity contribution in [2.24, 2.45) is 0 Å². The molecule has 0 aromatic heterocycles. The van der Waals surface area contributed by atoms with E-state index >= 15 is 0 Å². The Morgan fingerprint density at radius 2 is 1.47 bits per heavy atom. The first kappa shape index (κ1) is 13.4. The molecule has 0 radical (unpaired) electrons. The maximum Gasteiger partial charge on any atom is 0.146 e. The van der Waals surface area contributed by atoms with Gasteiger partial charge in [-0.1, -0.05) is 18.2 Å². The Kier molecular flexibility index (Phi) is 4.06. The predicted octanol–water partition coefficient (Wildman–Crippen LogP) is 3.25. The summed E-state index contributed by atoms with van der Waals surface area (Å²) in [5.74, 6) is -2.16. The summed E-state index contributed by atoms with van der Waals surface area (Å²) in [7, 11) is 0. The SMILES string of the molecule is OC(CNc1ccccc1F)c1c(F)cccc1F. The standard InChI is InChI=1S/C14H12F3NO/c15-9-4-1-2-7-12(9)18-8-13(19)14-10(16)5-3-6-11(14)17/h1-7,13,18-19H,8H2. The number of hydrogen-bond donors (Lipinski definition) is 2. The van der Waals surface area contributed by atoms with Gasteiger partial charge in [-0.05, 0) is 24.3 Å². The predicted molar refractivity (Wildman–Crippen MR) is 66.2 cm³/mol. The average molecular weight is 267 g/mol. The van der Waals surface area contributed by atoms with Crippen molar-refractivity contribution in [3.8, 4) is 0 Å². The highest BCUT2D eigenvalue weighted by molar-refractivity contribution is 5.44. The van der Waals surface area contributed by atoms with Crippen LogP contribution in [-0.2, 0) is 0 Å². The normalized spacial score (nSPS) is 12.2. The number of benzene rings is 2. The minimum atomic E-state index is -1.40. The molecule has 0 bridgehead atoms. The number of rotatable bonds is 4. The fourth-order valence-electron chi connectivity index (χ4n) is 1.74. The third-order valence-electron chi connectivity index (χ3n) is 2.69. The molecule has 1 atom stereocenters. The van der Waals surface area contributed by atoms with E-state index in [0.29, 0.717) is 0 Å². The zero-order chi connectivity index (χ0) is 13.8. The van der Waals surface area contributed by atoms with Crippen molar-refractivity contribution < 1.29 is 18.3 Å². The van der Waals surface area contributed by atoms with Crippen molar-refractivity contribution in [3.05, 3.63) is 65.5 Å². The number of aliphatic hydroxyl groups is 1. The molecule has 0 aliphatic rings. The van der Waals surface area contributed by atoms with Gasteiger partial charge in [-0.25, -0.2) is 13.2 Å². The number of anilines is 1. The van der Waals surface area contributed by atoms with E-state index in [9.17, 15) is 18.3 Å². The van der Waals surface area contributed by atoms with Crippen LogP contribution < -0.4 is 5.32 Å². The van der Waals surface area contributed by atoms with Crippen LogP contribution in [0.5, 0.6) is 0 Å². The van der Waals surface area contributed by atoms with E-state index in [1.165, 1.54) is 24.3 Å². The van der Waals surface area contributed by atoms with Crippen molar-refractivity contribution >= 4 is 5.69 Å². The Bertz CT molecular complexity index is 554. The highest BCUT2D eigenvalue weighted by Gasteiger charge is 2.17. The Balaban J connectivity index is 2.10. The van der Waals surface area contributed by atoms with Crippen molar-refractivity contribution in [1.29, 1.82) is 0 Å². The minimum absolute atomic E-state index is 0.165. The zero-order valence-electron chi connectivity index (χ0n) is 9.91. The van der Waals surface area contributed by atoms with Crippen LogP contribution in [0.15, 0.2) is 42.5 Å². The maximum absolute atomic E-state index is 13.4. The highest BCUT2D eigenvalue weighted by atomic mass is 19.1. The minimum Gasteiger partial charge on any atom is -0.386 e. The fourth-order valence-corrected chi connectivity index (χ4v) is 1.74. The molecule has 0 heterocycles. The molecule has 5 heteroatoms. The molecule has 0 saturated carbocycles. The Morgan fingerprint density at radius 1 is 0.895 bits per heavy atom. The van der Waals surface area contributed by atoms with Crippen LogP contribution in [0.1, 0.15) is 11.7 Å². The number of hydrogen-bond acceptors (Lipinski definition) is 2. The molecule has 0 aliphatic heterocycles. The lowest BCUT2D eigenvalue weighted by Crippen LogP contribution is -2.15. The lowest BCUT2D eigenvalue weighted by atomic mass is 10.1. The van der Waals surface area contributed by atoms with Gasteiger partial charge >= 0.3 is 0 Å². The van der Waals surface area contributed by atoms with E-state index in [0.717, 1.165) is 12.1 Å². The molecule has 0 amide bonds. The van der Waals surface area contributed by atoms with Crippen LogP contribution in [0.3, 0.4) is 0 Å². The Hall–Kier alpha value is -2.01. The van der Waals surface area contributed by atoms with E-state index in [1.54, 1.807) is 6.07 Å². The van der Waals surface area contributed by atoms with Gasteiger partial charge in [0.15, 0.2) is 0 Å². The summed E-state index contributed by atoms with van der Waals surface area (Å²) in [6, 6.07) is 9.19. The topological polar surface area (TPSA) is 32.3 Å². The molecule has 1 unspecified atom stereocenters. The van der Waals surface area contributed by atoms with Gasteiger partial charge in [0.2, 0.25) is 0 Å². The lowest BCUT2D eigenvalue weighted by Gasteiger charge is -2.15. The van der Waals surface area contributed by atoms with Gasteiger partial charge in [-0.15, -0.1) is 0 Å². The van der Waals surface area contributed by atoms with Gasteiger partial charge in [0.05, 0.1) is 11.3 Å². The molecule has 0 aliphatic carbocycles. The number of nitrogens with one attached hydrogen (secondary N) is 1. The second-order valence-electron chi connectivity index (χ2n) is 4.01. The van der Waals surface area contributed by atoms with Gasteiger partial charge in [0, 0.05) is 6.54 Å². The largest absolute Gasteiger partial charge is 0.386 e. The second kappa shape index (κ2) is 5.75. The van der Waals surface area contributed by atoms with Crippen molar-refractivity contribution in [1.82, 2.24) is 0 Å². The fraction of sp³-hybridized carbons (Fsp3) is 0.143. The summed E-state index contributed by atoms with van der Waals surface area (Å²) in [5.41, 5.74) is -0.260. The van der Waals surface area contributed by atoms with E-state index in [4.69, 9.17) is 0 Å². The molecule has 0 spiro atoms. The van der Waals surface area contributed by atoms with Crippen LogP contribution in [0.2, 0.25) is 0 Å². The second-order valence-corrected chi connectivity index (χ2v) is 4.01. The van der Waals surface area contributed by atoms with Crippen LogP contribution >= 0.6 is 0 Å².